The Morgan fingerprint density at radius 1 is 1.23 bits per heavy atom. The van der Waals surface area contributed by atoms with Crippen LogP contribution in [0.5, 0.6) is 5.75 Å². The minimum absolute atomic E-state index is 0.0999. The first kappa shape index (κ1) is 17.7. The Hall–Kier alpha value is -3.15. The van der Waals surface area contributed by atoms with E-state index in [4.69, 9.17) is 4.74 Å². The number of aromatic nitrogens is 2. The number of anilines is 2. The third-order valence-electron chi connectivity index (χ3n) is 3.94. The van der Waals surface area contributed by atoms with Crippen LogP contribution in [0.25, 0.3) is 11.0 Å². The van der Waals surface area contributed by atoms with Crippen LogP contribution in [0, 0.1) is 13.8 Å². The Labute approximate surface area is 151 Å². The third kappa shape index (κ3) is 3.59. The molecule has 0 aliphatic heterocycles. The number of pyridine rings is 2. The van der Waals surface area contributed by atoms with Crippen LogP contribution >= 0.6 is 0 Å². The number of aryl methyl sites for hydroxylation is 2. The minimum Gasteiger partial charge on any atom is -0.506 e. The average molecular weight is 351 g/mol. The zero-order valence-electron chi connectivity index (χ0n) is 15.0. The molecule has 0 aliphatic carbocycles. The van der Waals surface area contributed by atoms with E-state index in [-0.39, 0.29) is 5.75 Å². The Kier molecular flexibility index (Phi) is 5.02. The second kappa shape index (κ2) is 7.39. The number of carbonyl (C=O) groups excluding carboxylic acids is 1. The highest BCUT2D eigenvalue weighted by Crippen LogP contribution is 2.33. The van der Waals surface area contributed by atoms with Gasteiger partial charge in [-0.3, -0.25) is 0 Å². The number of nitrogens with zero attached hydrogens (tertiary/aromatic N) is 2. The smallest absolute Gasteiger partial charge is 0.341 e. The summed E-state index contributed by atoms with van der Waals surface area (Å²) in [6, 6.07) is 9.01. The fraction of sp³-hybridized carbons (Fsp3) is 0.250. The maximum Gasteiger partial charge on any atom is 0.341 e. The minimum atomic E-state index is -0.462. The molecule has 0 spiro atoms. The molecule has 0 atom stereocenters. The summed E-state index contributed by atoms with van der Waals surface area (Å²) in [4.78, 5) is 21.2. The average Bonchev–Trinajstić information content (AvgIpc) is 2.61. The van der Waals surface area contributed by atoms with Crippen molar-refractivity contribution in [2.75, 3.05) is 11.9 Å². The highest BCUT2D eigenvalue weighted by molar-refractivity contribution is 6.05. The van der Waals surface area contributed by atoms with E-state index in [1.165, 1.54) is 6.20 Å². The summed E-state index contributed by atoms with van der Waals surface area (Å²) in [6.07, 6.45) is 2.19. The second-order valence-corrected chi connectivity index (χ2v) is 6.15. The zero-order chi connectivity index (χ0) is 18.7. The Morgan fingerprint density at radius 2 is 2.04 bits per heavy atom. The molecule has 3 rings (SSSR count). The van der Waals surface area contributed by atoms with Gasteiger partial charge in [0.1, 0.15) is 11.3 Å². The molecule has 0 radical (unpaired) electrons. The molecule has 26 heavy (non-hydrogen) atoms. The molecule has 3 aromatic rings. The lowest BCUT2D eigenvalue weighted by Gasteiger charge is -2.15. The van der Waals surface area contributed by atoms with Gasteiger partial charge in [-0.1, -0.05) is 13.0 Å². The van der Waals surface area contributed by atoms with E-state index in [1.54, 1.807) is 12.1 Å². The molecule has 0 amide bonds. The van der Waals surface area contributed by atoms with Crippen LogP contribution in [-0.4, -0.2) is 27.7 Å². The molecule has 2 aromatic heterocycles. The van der Waals surface area contributed by atoms with Crippen LogP contribution in [0.2, 0.25) is 0 Å². The first-order valence-electron chi connectivity index (χ1n) is 8.49. The first-order valence-corrected chi connectivity index (χ1v) is 8.49. The normalized spacial score (nSPS) is 10.7. The van der Waals surface area contributed by atoms with Crippen molar-refractivity contribution in [1.82, 2.24) is 9.97 Å². The molecule has 0 fully saturated rings. The Bertz CT molecular complexity index is 970. The molecule has 2 N–H and O–H groups in total. The van der Waals surface area contributed by atoms with Gasteiger partial charge in [-0.2, -0.15) is 0 Å². The number of phenols is 1. The van der Waals surface area contributed by atoms with Crippen LogP contribution in [0.15, 0.2) is 36.5 Å². The fourth-order valence-corrected chi connectivity index (χ4v) is 2.62. The lowest BCUT2D eigenvalue weighted by atomic mass is 10.1. The molecule has 0 unspecified atom stereocenters. The highest BCUT2D eigenvalue weighted by Gasteiger charge is 2.18. The van der Waals surface area contributed by atoms with Crippen LogP contribution in [0.4, 0.5) is 11.4 Å². The van der Waals surface area contributed by atoms with Crippen molar-refractivity contribution in [2.24, 2.45) is 0 Å². The number of nitrogens with one attached hydrogen (secondary N) is 1. The van der Waals surface area contributed by atoms with Crippen molar-refractivity contribution in [3.8, 4) is 5.75 Å². The van der Waals surface area contributed by atoms with E-state index >= 15 is 0 Å². The van der Waals surface area contributed by atoms with E-state index in [0.717, 1.165) is 17.7 Å². The van der Waals surface area contributed by atoms with Crippen molar-refractivity contribution in [3.63, 3.8) is 0 Å². The summed E-state index contributed by atoms with van der Waals surface area (Å²) >= 11 is 0. The van der Waals surface area contributed by atoms with Gasteiger partial charge in [0.05, 0.1) is 18.0 Å². The van der Waals surface area contributed by atoms with Gasteiger partial charge in [-0.05, 0) is 50.1 Å². The molecule has 134 valence electrons. The maximum absolute atomic E-state index is 12.5. The summed E-state index contributed by atoms with van der Waals surface area (Å²) < 4.78 is 5.28. The monoisotopic (exact) mass is 351 g/mol. The fourth-order valence-electron chi connectivity index (χ4n) is 2.62. The molecule has 0 bridgehead atoms. The number of esters is 1. The number of aromatic hydroxyl groups is 1. The third-order valence-corrected chi connectivity index (χ3v) is 3.94. The van der Waals surface area contributed by atoms with Crippen molar-refractivity contribution in [2.45, 2.75) is 27.2 Å². The number of carbonyl (C=O) groups is 1. The summed E-state index contributed by atoms with van der Waals surface area (Å²) in [6.45, 7) is 6.04. The van der Waals surface area contributed by atoms with Crippen molar-refractivity contribution in [1.29, 1.82) is 0 Å². The van der Waals surface area contributed by atoms with E-state index in [9.17, 15) is 9.90 Å². The predicted octanol–water partition coefficient (Wildman–Crippen LogP) is 4.26. The SMILES string of the molecule is CCCOC(=O)c1cnc2nc(C)ccc2c1Nc1ccc(C)cc1O. The predicted molar refractivity (Wildman–Crippen MR) is 101 cm³/mol. The topological polar surface area (TPSA) is 84.3 Å². The molecule has 0 saturated carbocycles. The Balaban J connectivity index is 2.13. The van der Waals surface area contributed by atoms with E-state index in [0.29, 0.717) is 34.6 Å². The highest BCUT2D eigenvalue weighted by atomic mass is 16.5. The molecule has 0 aliphatic rings. The van der Waals surface area contributed by atoms with Gasteiger partial charge in [0.2, 0.25) is 0 Å². The second-order valence-electron chi connectivity index (χ2n) is 6.15. The quantitative estimate of drug-likeness (QED) is 0.528. The number of ether oxygens (including phenoxy) is 1. The number of phenolic OH excluding ortho intramolecular Hbond substituents is 1. The zero-order valence-corrected chi connectivity index (χ0v) is 15.0. The van der Waals surface area contributed by atoms with Crippen molar-refractivity contribution >= 4 is 28.4 Å². The van der Waals surface area contributed by atoms with Crippen LogP contribution in [0.1, 0.15) is 35.0 Å². The number of rotatable bonds is 5. The molecular weight excluding hydrogens is 330 g/mol. The van der Waals surface area contributed by atoms with Gasteiger partial charge < -0.3 is 15.2 Å². The maximum atomic E-state index is 12.5. The number of hydrogen-bond donors (Lipinski definition) is 2. The number of fused-ring (bicyclic) bond motifs is 1. The van der Waals surface area contributed by atoms with Gasteiger partial charge in [-0.15, -0.1) is 0 Å². The Morgan fingerprint density at radius 3 is 2.77 bits per heavy atom. The van der Waals surface area contributed by atoms with Crippen LogP contribution in [-0.2, 0) is 4.74 Å². The van der Waals surface area contributed by atoms with E-state index < -0.39 is 5.97 Å². The van der Waals surface area contributed by atoms with Crippen LogP contribution < -0.4 is 5.32 Å². The van der Waals surface area contributed by atoms with Gasteiger partial charge in [0.15, 0.2) is 5.65 Å². The van der Waals surface area contributed by atoms with Crippen molar-refractivity contribution in [3.05, 3.63) is 53.3 Å². The lowest BCUT2D eigenvalue weighted by molar-refractivity contribution is 0.0506. The standard InChI is InChI=1S/C20H21N3O3/c1-4-9-26-20(25)15-11-21-19-14(7-6-13(3)22-19)18(15)23-16-8-5-12(2)10-17(16)24/h5-8,10-11,24H,4,9H2,1-3H3,(H,21,22,23). The first-order chi connectivity index (χ1) is 12.5. The van der Waals surface area contributed by atoms with E-state index in [2.05, 4.69) is 15.3 Å². The van der Waals surface area contributed by atoms with Gasteiger partial charge >= 0.3 is 5.97 Å². The van der Waals surface area contributed by atoms with Crippen molar-refractivity contribution < 1.29 is 14.6 Å². The van der Waals surface area contributed by atoms with E-state index in [1.807, 2.05) is 39.0 Å². The summed E-state index contributed by atoms with van der Waals surface area (Å²) in [5.74, 6) is -0.362. The summed E-state index contributed by atoms with van der Waals surface area (Å²) in [5.41, 5.74) is 3.60. The molecule has 2 heterocycles. The van der Waals surface area contributed by atoms with Crippen LogP contribution in [0.3, 0.4) is 0 Å². The molecule has 1 aromatic carbocycles. The number of benzene rings is 1. The number of hydrogen-bond acceptors (Lipinski definition) is 6. The molecule has 0 saturated heterocycles. The molecular formula is C20H21N3O3. The van der Waals surface area contributed by atoms with Gasteiger partial charge in [0, 0.05) is 17.3 Å². The largest absolute Gasteiger partial charge is 0.506 e. The summed E-state index contributed by atoms with van der Waals surface area (Å²) in [5, 5.41) is 14.1. The lowest BCUT2D eigenvalue weighted by Crippen LogP contribution is -2.10. The van der Waals surface area contributed by atoms with Gasteiger partial charge in [-0.25, -0.2) is 14.8 Å². The molecule has 6 nitrogen and oxygen atoms in total. The van der Waals surface area contributed by atoms with Gasteiger partial charge in [0.25, 0.3) is 0 Å². The summed E-state index contributed by atoms with van der Waals surface area (Å²) in [7, 11) is 0. The molecule has 6 heteroatoms.